The Kier molecular flexibility index (Phi) is 4.88. The molecule has 0 bridgehead atoms. The number of carbonyl (C=O) groups is 2. The predicted molar refractivity (Wildman–Crippen MR) is 78.3 cm³/mol. The molecule has 2 rings (SSSR count). The molecule has 0 amide bonds. The Morgan fingerprint density at radius 2 is 1.77 bits per heavy atom. The first-order valence-corrected chi connectivity index (χ1v) is 6.66. The first-order chi connectivity index (χ1) is 10.5. The van der Waals surface area contributed by atoms with Gasteiger partial charge in [-0.15, -0.1) is 0 Å². The van der Waals surface area contributed by atoms with E-state index in [0.717, 1.165) is 0 Å². The highest BCUT2D eigenvalue weighted by molar-refractivity contribution is 5.90. The summed E-state index contributed by atoms with van der Waals surface area (Å²) in [5.41, 5.74) is 1.35. The molecule has 0 unspecified atom stereocenters. The zero-order chi connectivity index (χ0) is 16.1. The largest absolute Gasteiger partial charge is 0.508 e. The normalized spacial score (nSPS) is 10.3. The van der Waals surface area contributed by atoms with E-state index in [1.807, 2.05) is 0 Å². The van der Waals surface area contributed by atoms with Crippen LogP contribution in [0.3, 0.4) is 0 Å². The van der Waals surface area contributed by atoms with Crippen LogP contribution in [-0.2, 0) is 22.4 Å². The highest BCUT2D eigenvalue weighted by Gasteiger charge is 2.12. The molecule has 0 saturated carbocycles. The van der Waals surface area contributed by atoms with E-state index < -0.39 is 5.97 Å². The Hall–Kier alpha value is -2.69. The van der Waals surface area contributed by atoms with Crippen molar-refractivity contribution in [3.05, 3.63) is 65.0 Å². The molecular formula is C17H15FO4. The number of rotatable bonds is 5. The minimum atomic E-state index is -0.556. The second-order valence-corrected chi connectivity index (χ2v) is 4.85. The molecule has 0 aliphatic rings. The van der Waals surface area contributed by atoms with Crippen molar-refractivity contribution < 1.29 is 23.8 Å². The van der Waals surface area contributed by atoms with Crippen LogP contribution in [-0.4, -0.2) is 24.0 Å². The molecule has 1 N–H and O–H groups in total. The number of benzene rings is 2. The number of ketones is 1. The Morgan fingerprint density at radius 1 is 1.09 bits per heavy atom. The zero-order valence-electron chi connectivity index (χ0n) is 12.0. The van der Waals surface area contributed by atoms with Crippen LogP contribution in [0.5, 0.6) is 5.75 Å². The number of methoxy groups -OCH3 is 1. The minimum Gasteiger partial charge on any atom is -0.508 e. The van der Waals surface area contributed by atoms with Crippen LogP contribution in [0.25, 0.3) is 0 Å². The van der Waals surface area contributed by atoms with Gasteiger partial charge in [-0.3, -0.25) is 4.79 Å². The maximum absolute atomic E-state index is 12.8. The number of carbonyl (C=O) groups excluding carboxylic acids is 2. The second kappa shape index (κ2) is 6.85. The van der Waals surface area contributed by atoms with Crippen molar-refractivity contribution in [3.63, 3.8) is 0 Å². The standard InChI is InChI=1S/C17H15FO4/c1-22-17(21)13-5-4-12(16(20)10-13)9-15(19)8-11-2-6-14(18)7-3-11/h2-7,10,20H,8-9H2,1H3. The van der Waals surface area contributed by atoms with Crippen LogP contribution >= 0.6 is 0 Å². The van der Waals surface area contributed by atoms with Gasteiger partial charge in [0, 0.05) is 18.4 Å². The third-order valence-corrected chi connectivity index (χ3v) is 3.21. The van der Waals surface area contributed by atoms with Gasteiger partial charge in [-0.25, -0.2) is 9.18 Å². The van der Waals surface area contributed by atoms with Gasteiger partial charge in [0.25, 0.3) is 0 Å². The average molecular weight is 302 g/mol. The van der Waals surface area contributed by atoms with E-state index in [-0.39, 0.29) is 35.8 Å². The smallest absolute Gasteiger partial charge is 0.337 e. The highest BCUT2D eigenvalue weighted by Crippen LogP contribution is 2.20. The third kappa shape index (κ3) is 3.91. The fourth-order valence-corrected chi connectivity index (χ4v) is 2.06. The molecule has 114 valence electrons. The Morgan fingerprint density at radius 3 is 2.36 bits per heavy atom. The van der Waals surface area contributed by atoms with Crippen molar-refractivity contribution in [2.24, 2.45) is 0 Å². The number of hydrogen-bond acceptors (Lipinski definition) is 4. The van der Waals surface area contributed by atoms with Gasteiger partial charge in [-0.2, -0.15) is 0 Å². The van der Waals surface area contributed by atoms with E-state index in [1.54, 1.807) is 12.1 Å². The zero-order valence-corrected chi connectivity index (χ0v) is 12.0. The molecule has 0 aromatic heterocycles. The number of halogens is 1. The number of ether oxygens (including phenoxy) is 1. The summed E-state index contributed by atoms with van der Waals surface area (Å²) >= 11 is 0. The van der Waals surface area contributed by atoms with E-state index >= 15 is 0 Å². The fraction of sp³-hybridized carbons (Fsp3) is 0.176. The van der Waals surface area contributed by atoms with Crippen molar-refractivity contribution >= 4 is 11.8 Å². The summed E-state index contributed by atoms with van der Waals surface area (Å²) in [6, 6.07) is 9.97. The van der Waals surface area contributed by atoms with Crippen LogP contribution in [0.2, 0.25) is 0 Å². The number of phenols is 1. The number of esters is 1. The first kappa shape index (κ1) is 15.7. The van der Waals surface area contributed by atoms with Crippen LogP contribution in [0.4, 0.5) is 4.39 Å². The lowest BCUT2D eigenvalue weighted by Gasteiger charge is -2.06. The Bertz CT molecular complexity index is 692. The van der Waals surface area contributed by atoms with Gasteiger partial charge < -0.3 is 9.84 Å². The number of Topliss-reactive ketones (excluding diaryl/α,β-unsaturated/α-hetero) is 1. The molecule has 0 saturated heterocycles. The summed E-state index contributed by atoms with van der Waals surface area (Å²) in [5.74, 6) is -1.16. The number of hydrogen-bond donors (Lipinski definition) is 1. The third-order valence-electron chi connectivity index (χ3n) is 3.21. The van der Waals surface area contributed by atoms with Crippen LogP contribution in [0, 0.1) is 5.82 Å². The van der Waals surface area contributed by atoms with Gasteiger partial charge in [0.05, 0.1) is 12.7 Å². The molecule has 0 aliphatic heterocycles. The van der Waals surface area contributed by atoms with Gasteiger partial charge in [-0.05, 0) is 29.8 Å². The molecule has 5 heteroatoms. The topological polar surface area (TPSA) is 63.6 Å². The van der Waals surface area contributed by atoms with E-state index in [2.05, 4.69) is 4.74 Å². The SMILES string of the molecule is COC(=O)c1ccc(CC(=O)Cc2ccc(F)cc2)c(O)c1. The predicted octanol–water partition coefficient (Wildman–Crippen LogP) is 2.67. The molecule has 0 fully saturated rings. The molecular weight excluding hydrogens is 287 g/mol. The van der Waals surface area contributed by atoms with Crippen LogP contribution in [0.15, 0.2) is 42.5 Å². The lowest BCUT2D eigenvalue weighted by molar-refractivity contribution is -0.117. The maximum Gasteiger partial charge on any atom is 0.337 e. The fourth-order valence-electron chi connectivity index (χ4n) is 2.06. The lowest BCUT2D eigenvalue weighted by Crippen LogP contribution is -2.08. The maximum atomic E-state index is 12.8. The number of phenolic OH excluding ortho intramolecular Hbond substituents is 1. The van der Waals surface area contributed by atoms with Gasteiger partial charge >= 0.3 is 5.97 Å². The molecule has 0 atom stereocenters. The molecule has 0 spiro atoms. The van der Waals surface area contributed by atoms with E-state index in [0.29, 0.717) is 11.1 Å². The summed E-state index contributed by atoms with van der Waals surface area (Å²) in [7, 11) is 1.25. The van der Waals surface area contributed by atoms with Crippen molar-refractivity contribution in [3.8, 4) is 5.75 Å². The Balaban J connectivity index is 2.05. The number of aromatic hydroxyl groups is 1. The molecule has 0 radical (unpaired) electrons. The minimum absolute atomic E-state index is 0.0324. The Labute approximate surface area is 127 Å². The van der Waals surface area contributed by atoms with Crippen LogP contribution in [0.1, 0.15) is 21.5 Å². The van der Waals surface area contributed by atoms with Crippen LogP contribution < -0.4 is 0 Å². The summed E-state index contributed by atoms with van der Waals surface area (Å²) in [4.78, 5) is 23.3. The molecule has 0 heterocycles. The molecule has 4 nitrogen and oxygen atoms in total. The highest BCUT2D eigenvalue weighted by atomic mass is 19.1. The van der Waals surface area contributed by atoms with Gasteiger partial charge in [0.2, 0.25) is 0 Å². The summed E-state index contributed by atoms with van der Waals surface area (Å²) < 4.78 is 17.4. The molecule has 2 aromatic carbocycles. The van der Waals surface area contributed by atoms with Crippen molar-refractivity contribution in [2.45, 2.75) is 12.8 Å². The van der Waals surface area contributed by atoms with Crippen molar-refractivity contribution in [2.75, 3.05) is 7.11 Å². The molecule has 0 aliphatic carbocycles. The second-order valence-electron chi connectivity index (χ2n) is 4.85. The molecule has 22 heavy (non-hydrogen) atoms. The van der Waals surface area contributed by atoms with Crippen molar-refractivity contribution in [1.29, 1.82) is 0 Å². The van der Waals surface area contributed by atoms with Gasteiger partial charge in [0.1, 0.15) is 17.3 Å². The van der Waals surface area contributed by atoms with Crippen molar-refractivity contribution in [1.82, 2.24) is 0 Å². The lowest BCUT2D eigenvalue weighted by atomic mass is 10.0. The van der Waals surface area contributed by atoms with E-state index in [4.69, 9.17) is 0 Å². The van der Waals surface area contributed by atoms with Gasteiger partial charge in [-0.1, -0.05) is 18.2 Å². The van der Waals surface area contributed by atoms with E-state index in [1.165, 1.54) is 37.4 Å². The summed E-state index contributed by atoms with van der Waals surface area (Å²) in [6.07, 6.45) is 0.184. The summed E-state index contributed by atoms with van der Waals surface area (Å²) in [5, 5.41) is 9.88. The van der Waals surface area contributed by atoms with E-state index in [9.17, 15) is 19.1 Å². The average Bonchev–Trinajstić information content (AvgIpc) is 2.50. The first-order valence-electron chi connectivity index (χ1n) is 6.66. The quantitative estimate of drug-likeness (QED) is 0.863. The van der Waals surface area contributed by atoms with Gasteiger partial charge in [0.15, 0.2) is 0 Å². The summed E-state index contributed by atoms with van der Waals surface area (Å²) in [6.45, 7) is 0. The molecule has 2 aromatic rings. The monoisotopic (exact) mass is 302 g/mol.